The maximum atomic E-state index is 12.1. The number of hydrogen-bond donors (Lipinski definition) is 1. The summed E-state index contributed by atoms with van der Waals surface area (Å²) in [6.07, 6.45) is -0.717. The van der Waals surface area contributed by atoms with Crippen LogP contribution in [-0.4, -0.2) is 26.2 Å². The Balaban J connectivity index is 1.99. The average Bonchev–Trinajstić information content (AvgIpc) is 2.57. The van der Waals surface area contributed by atoms with Crippen LogP contribution < -0.4 is 10.1 Å². The topological polar surface area (TPSA) is 72.5 Å². The molecule has 0 spiro atoms. The number of hydrogen-bond acceptors (Lipinski definition) is 4. The maximum Gasteiger partial charge on any atom is 0.265 e. The number of ether oxygens (including phenoxy) is 1. The molecule has 0 bridgehead atoms. The number of rotatable bonds is 6. The molecule has 1 N–H and O–H groups in total. The van der Waals surface area contributed by atoms with Gasteiger partial charge >= 0.3 is 0 Å². The predicted molar refractivity (Wildman–Crippen MR) is 94.3 cm³/mol. The molecule has 1 atom stereocenters. The van der Waals surface area contributed by atoms with Crippen molar-refractivity contribution in [3.63, 3.8) is 0 Å². The van der Waals surface area contributed by atoms with Gasteiger partial charge in [0.05, 0.1) is 10.6 Å². The van der Waals surface area contributed by atoms with Crippen molar-refractivity contribution in [1.82, 2.24) is 0 Å². The second kappa shape index (κ2) is 7.68. The summed E-state index contributed by atoms with van der Waals surface area (Å²) in [5.41, 5.74) is 0.501. The second-order valence-electron chi connectivity index (χ2n) is 5.13. The fourth-order valence-electron chi connectivity index (χ4n) is 1.93. The van der Waals surface area contributed by atoms with Gasteiger partial charge in [-0.05, 0) is 55.5 Å². The standard InChI is InChI=1S/C17H18ClNO4S/c1-3-24(21,22)16-10-6-14(7-11-16)19-17(20)12(2)23-15-8-4-13(18)5-9-15/h4-12H,3H2,1-2H3,(H,19,20). The molecule has 0 aliphatic carbocycles. The molecule has 0 saturated heterocycles. The van der Waals surface area contributed by atoms with Crippen LogP contribution in [0, 0.1) is 0 Å². The minimum Gasteiger partial charge on any atom is -0.481 e. The van der Waals surface area contributed by atoms with Crippen LogP contribution in [0.4, 0.5) is 5.69 Å². The lowest BCUT2D eigenvalue weighted by molar-refractivity contribution is -0.122. The molecule has 0 aromatic heterocycles. The molecule has 0 heterocycles. The predicted octanol–water partition coefficient (Wildman–Crippen LogP) is 3.54. The lowest BCUT2D eigenvalue weighted by Gasteiger charge is -2.15. The Bertz CT molecular complexity index is 801. The van der Waals surface area contributed by atoms with Gasteiger partial charge in [-0.25, -0.2) is 8.42 Å². The van der Waals surface area contributed by atoms with Gasteiger partial charge in [-0.15, -0.1) is 0 Å². The Kier molecular flexibility index (Phi) is 5.85. The molecule has 2 aromatic rings. The molecule has 0 aliphatic rings. The van der Waals surface area contributed by atoms with Crippen molar-refractivity contribution in [2.24, 2.45) is 0 Å². The number of nitrogens with one attached hydrogen (secondary N) is 1. The van der Waals surface area contributed by atoms with Crippen LogP contribution in [0.1, 0.15) is 13.8 Å². The van der Waals surface area contributed by atoms with Crippen molar-refractivity contribution in [1.29, 1.82) is 0 Å². The van der Waals surface area contributed by atoms with Crippen LogP contribution in [-0.2, 0) is 14.6 Å². The van der Waals surface area contributed by atoms with Crippen LogP contribution in [0.25, 0.3) is 0 Å². The zero-order valence-corrected chi connectivity index (χ0v) is 14.9. The summed E-state index contributed by atoms with van der Waals surface area (Å²) in [7, 11) is -3.25. The van der Waals surface area contributed by atoms with Gasteiger partial charge in [-0.2, -0.15) is 0 Å². The molecule has 2 rings (SSSR count). The smallest absolute Gasteiger partial charge is 0.265 e. The maximum absolute atomic E-state index is 12.1. The highest BCUT2D eigenvalue weighted by molar-refractivity contribution is 7.91. The number of sulfone groups is 1. The summed E-state index contributed by atoms with van der Waals surface area (Å²) in [6, 6.07) is 12.7. The molecular formula is C17H18ClNO4S. The van der Waals surface area contributed by atoms with Gasteiger partial charge in [-0.3, -0.25) is 4.79 Å². The van der Waals surface area contributed by atoms with Crippen LogP contribution in [0.2, 0.25) is 5.02 Å². The van der Waals surface area contributed by atoms with E-state index in [4.69, 9.17) is 16.3 Å². The third-order valence-corrected chi connectivity index (χ3v) is 5.36. The van der Waals surface area contributed by atoms with Crippen molar-refractivity contribution in [3.8, 4) is 5.75 Å². The van der Waals surface area contributed by atoms with Gasteiger partial charge in [0.1, 0.15) is 5.75 Å². The van der Waals surface area contributed by atoms with Crippen molar-refractivity contribution in [3.05, 3.63) is 53.6 Å². The van der Waals surface area contributed by atoms with Crippen molar-refractivity contribution >= 4 is 33.0 Å². The zero-order valence-electron chi connectivity index (χ0n) is 13.3. The highest BCUT2D eigenvalue weighted by atomic mass is 35.5. The van der Waals surface area contributed by atoms with Gasteiger partial charge in [-0.1, -0.05) is 18.5 Å². The Hall–Kier alpha value is -2.05. The van der Waals surface area contributed by atoms with Gasteiger partial charge in [0.2, 0.25) is 0 Å². The van der Waals surface area contributed by atoms with E-state index in [2.05, 4.69) is 5.32 Å². The molecule has 7 heteroatoms. The molecule has 0 fully saturated rings. The molecule has 128 valence electrons. The first kappa shape index (κ1) is 18.3. The Morgan fingerprint density at radius 2 is 1.71 bits per heavy atom. The molecule has 24 heavy (non-hydrogen) atoms. The van der Waals surface area contributed by atoms with Crippen LogP contribution in [0.3, 0.4) is 0 Å². The van der Waals surface area contributed by atoms with E-state index < -0.39 is 15.9 Å². The monoisotopic (exact) mass is 367 g/mol. The lowest BCUT2D eigenvalue weighted by atomic mass is 10.3. The van der Waals surface area contributed by atoms with E-state index in [0.29, 0.717) is 16.5 Å². The largest absolute Gasteiger partial charge is 0.481 e. The average molecular weight is 368 g/mol. The Morgan fingerprint density at radius 3 is 2.25 bits per heavy atom. The highest BCUT2D eigenvalue weighted by Gasteiger charge is 2.16. The molecule has 5 nitrogen and oxygen atoms in total. The van der Waals surface area contributed by atoms with E-state index >= 15 is 0 Å². The van der Waals surface area contributed by atoms with Crippen molar-refractivity contribution < 1.29 is 17.9 Å². The zero-order chi connectivity index (χ0) is 17.7. The number of anilines is 1. The number of halogens is 1. The number of carbonyl (C=O) groups excluding carboxylic acids is 1. The molecule has 1 unspecified atom stereocenters. The SMILES string of the molecule is CCS(=O)(=O)c1ccc(NC(=O)C(C)Oc2ccc(Cl)cc2)cc1. The normalized spacial score (nSPS) is 12.5. The van der Waals surface area contributed by atoms with E-state index in [1.807, 2.05) is 0 Å². The molecule has 1 amide bonds. The fourth-order valence-corrected chi connectivity index (χ4v) is 2.94. The second-order valence-corrected chi connectivity index (χ2v) is 7.85. The minimum absolute atomic E-state index is 0.0324. The van der Waals surface area contributed by atoms with Gasteiger partial charge < -0.3 is 10.1 Å². The summed E-state index contributed by atoms with van der Waals surface area (Å²) in [6.45, 7) is 3.21. The number of amides is 1. The summed E-state index contributed by atoms with van der Waals surface area (Å²) in [5, 5.41) is 3.27. The lowest BCUT2D eigenvalue weighted by Crippen LogP contribution is -2.30. The van der Waals surface area contributed by atoms with Gasteiger partial charge in [0.15, 0.2) is 15.9 Å². The Morgan fingerprint density at radius 1 is 1.12 bits per heavy atom. The number of carbonyl (C=O) groups is 1. The first-order valence-corrected chi connectivity index (χ1v) is 9.41. The fraction of sp³-hybridized carbons (Fsp3) is 0.235. The van der Waals surface area contributed by atoms with E-state index in [-0.39, 0.29) is 16.6 Å². The summed E-state index contributed by atoms with van der Waals surface area (Å²) >= 11 is 5.80. The van der Waals surface area contributed by atoms with Crippen LogP contribution in [0.15, 0.2) is 53.4 Å². The van der Waals surface area contributed by atoms with Crippen molar-refractivity contribution in [2.45, 2.75) is 24.8 Å². The quantitative estimate of drug-likeness (QED) is 0.847. The Labute approximate surface area is 146 Å². The highest BCUT2D eigenvalue weighted by Crippen LogP contribution is 2.18. The van der Waals surface area contributed by atoms with Crippen LogP contribution in [0.5, 0.6) is 5.75 Å². The first-order valence-electron chi connectivity index (χ1n) is 7.37. The molecule has 0 saturated carbocycles. The van der Waals surface area contributed by atoms with E-state index in [1.165, 1.54) is 12.1 Å². The third-order valence-electron chi connectivity index (χ3n) is 3.36. The summed E-state index contributed by atoms with van der Waals surface area (Å²) < 4.78 is 29.0. The molecule has 2 aromatic carbocycles. The third kappa shape index (κ3) is 4.72. The number of benzene rings is 2. The summed E-state index contributed by atoms with van der Waals surface area (Å²) in [4.78, 5) is 12.4. The molecular weight excluding hydrogens is 350 g/mol. The first-order chi connectivity index (χ1) is 11.3. The molecule has 0 radical (unpaired) electrons. The minimum atomic E-state index is -3.25. The van der Waals surface area contributed by atoms with Gasteiger partial charge in [0, 0.05) is 10.7 Å². The van der Waals surface area contributed by atoms with E-state index in [0.717, 1.165) is 0 Å². The van der Waals surface area contributed by atoms with Gasteiger partial charge in [0.25, 0.3) is 5.91 Å². The van der Waals surface area contributed by atoms with Crippen molar-refractivity contribution in [2.75, 3.05) is 11.1 Å². The van der Waals surface area contributed by atoms with E-state index in [9.17, 15) is 13.2 Å². The van der Waals surface area contributed by atoms with E-state index in [1.54, 1.807) is 50.2 Å². The summed E-state index contributed by atoms with van der Waals surface area (Å²) in [5.74, 6) is 0.229. The molecule has 0 aliphatic heterocycles. The van der Waals surface area contributed by atoms with Crippen LogP contribution >= 0.6 is 11.6 Å².